The first-order chi connectivity index (χ1) is 11.2. The first kappa shape index (κ1) is 18.7. The van der Waals surface area contributed by atoms with Crippen LogP contribution in [0.4, 0.5) is 8.78 Å². The van der Waals surface area contributed by atoms with Gasteiger partial charge in [0.2, 0.25) is 5.82 Å². The molecule has 0 saturated heterocycles. The third-order valence-corrected chi connectivity index (χ3v) is 5.53. The number of halogens is 3. The number of hydrogen-bond donors (Lipinski definition) is 0. The fraction of sp³-hybridized carbons (Fsp3) is 0.684. The summed E-state index contributed by atoms with van der Waals surface area (Å²) in [6.45, 7) is 2.73. The minimum Gasteiger partial charge on any atom is -0.490 e. The number of unbranched alkanes of at least 4 members (excludes halogenated alkanes) is 2. The van der Waals surface area contributed by atoms with Crippen LogP contribution in [0.15, 0.2) is 12.1 Å². The summed E-state index contributed by atoms with van der Waals surface area (Å²) in [5.74, 6) is -0.313. The molecule has 4 heteroatoms. The first-order valence-electron chi connectivity index (χ1n) is 8.81. The second kappa shape index (κ2) is 9.61. The molecule has 0 radical (unpaired) electrons. The number of alkyl halides is 1. The summed E-state index contributed by atoms with van der Waals surface area (Å²) < 4.78 is 33.2. The van der Waals surface area contributed by atoms with Crippen molar-refractivity contribution in [2.45, 2.75) is 63.6 Å². The number of ether oxygens (including phenoxy) is 1. The van der Waals surface area contributed by atoms with Gasteiger partial charge in [-0.1, -0.05) is 67.4 Å². The van der Waals surface area contributed by atoms with E-state index in [1.54, 1.807) is 6.07 Å². The molecule has 1 saturated carbocycles. The lowest BCUT2D eigenvalue weighted by Crippen LogP contribution is -2.20. The summed E-state index contributed by atoms with van der Waals surface area (Å²) in [7, 11) is 0. The van der Waals surface area contributed by atoms with Crippen LogP contribution in [0.3, 0.4) is 0 Å². The van der Waals surface area contributed by atoms with Crippen molar-refractivity contribution in [2.24, 2.45) is 11.8 Å². The van der Waals surface area contributed by atoms with Crippen molar-refractivity contribution in [3.05, 3.63) is 29.3 Å². The molecule has 1 nitrogen and oxygen atoms in total. The van der Waals surface area contributed by atoms with Gasteiger partial charge in [0, 0.05) is 10.9 Å². The largest absolute Gasteiger partial charge is 0.490 e. The van der Waals surface area contributed by atoms with E-state index in [4.69, 9.17) is 4.74 Å². The van der Waals surface area contributed by atoms with E-state index in [1.807, 2.05) is 0 Å². The fourth-order valence-electron chi connectivity index (χ4n) is 3.36. The molecule has 0 atom stereocenters. The minimum absolute atomic E-state index is 0.0391. The topological polar surface area (TPSA) is 9.23 Å². The van der Waals surface area contributed by atoms with Crippen LogP contribution in [0.2, 0.25) is 0 Å². The average Bonchev–Trinajstić information content (AvgIpc) is 2.58. The van der Waals surface area contributed by atoms with Gasteiger partial charge in [-0.05, 0) is 30.7 Å². The maximum absolute atomic E-state index is 13.9. The van der Waals surface area contributed by atoms with Crippen LogP contribution in [-0.4, -0.2) is 6.61 Å². The summed E-state index contributed by atoms with van der Waals surface area (Å²) in [6.07, 6.45) is 10.1. The Morgan fingerprint density at radius 2 is 1.74 bits per heavy atom. The van der Waals surface area contributed by atoms with Crippen LogP contribution in [0, 0.1) is 23.5 Å². The van der Waals surface area contributed by atoms with Gasteiger partial charge < -0.3 is 4.74 Å². The zero-order valence-corrected chi connectivity index (χ0v) is 15.5. The Kier molecular flexibility index (Phi) is 7.81. The summed E-state index contributed by atoms with van der Waals surface area (Å²) >= 11 is 3.15. The van der Waals surface area contributed by atoms with Crippen molar-refractivity contribution in [1.82, 2.24) is 0 Å². The lowest BCUT2D eigenvalue weighted by Gasteiger charge is -2.28. The molecule has 1 aliphatic rings. The maximum Gasteiger partial charge on any atom is 0.200 e. The minimum atomic E-state index is -0.866. The average molecular weight is 389 g/mol. The van der Waals surface area contributed by atoms with Crippen LogP contribution in [-0.2, 0) is 5.33 Å². The predicted octanol–water partition coefficient (Wildman–Crippen LogP) is 6.63. The Balaban J connectivity index is 1.76. The molecule has 23 heavy (non-hydrogen) atoms. The quantitative estimate of drug-likeness (QED) is 0.358. The van der Waals surface area contributed by atoms with Crippen molar-refractivity contribution in [3.8, 4) is 5.75 Å². The van der Waals surface area contributed by atoms with Crippen LogP contribution in [0.5, 0.6) is 5.75 Å². The van der Waals surface area contributed by atoms with Crippen LogP contribution >= 0.6 is 15.9 Å². The second-order valence-electron chi connectivity index (χ2n) is 6.68. The molecule has 1 aromatic rings. The highest BCUT2D eigenvalue weighted by molar-refractivity contribution is 9.08. The number of rotatable bonds is 8. The normalized spacial score (nSPS) is 21.4. The summed E-state index contributed by atoms with van der Waals surface area (Å²) in [5, 5.41) is 0.304. The molecule has 0 unspecified atom stereocenters. The third-order valence-electron chi connectivity index (χ3n) is 4.93. The van der Waals surface area contributed by atoms with Gasteiger partial charge in [0.15, 0.2) is 11.6 Å². The van der Waals surface area contributed by atoms with Gasteiger partial charge in [0.25, 0.3) is 0 Å². The lowest BCUT2D eigenvalue weighted by molar-refractivity contribution is 0.172. The Morgan fingerprint density at radius 3 is 2.39 bits per heavy atom. The molecule has 1 aromatic carbocycles. The van der Waals surface area contributed by atoms with E-state index in [2.05, 4.69) is 22.9 Å². The molecule has 0 aromatic heterocycles. The zero-order chi connectivity index (χ0) is 16.7. The molecule has 0 aliphatic heterocycles. The van der Waals surface area contributed by atoms with Gasteiger partial charge in [-0.2, -0.15) is 4.39 Å². The monoisotopic (exact) mass is 388 g/mol. The van der Waals surface area contributed by atoms with Gasteiger partial charge >= 0.3 is 0 Å². The molecule has 0 spiro atoms. The summed E-state index contributed by atoms with van der Waals surface area (Å²) in [6, 6.07) is 3.11. The van der Waals surface area contributed by atoms with Gasteiger partial charge in [-0.15, -0.1) is 0 Å². The summed E-state index contributed by atoms with van der Waals surface area (Å²) in [5.41, 5.74) is 0.322. The third kappa shape index (κ3) is 5.44. The van der Waals surface area contributed by atoms with Crippen LogP contribution < -0.4 is 4.74 Å². The van der Waals surface area contributed by atoms with Gasteiger partial charge in [-0.25, -0.2) is 4.39 Å². The summed E-state index contributed by atoms with van der Waals surface area (Å²) in [4.78, 5) is 0. The molecule has 0 amide bonds. The van der Waals surface area contributed by atoms with Crippen molar-refractivity contribution >= 4 is 15.9 Å². The van der Waals surface area contributed by atoms with E-state index < -0.39 is 11.6 Å². The van der Waals surface area contributed by atoms with Crippen LogP contribution in [0.25, 0.3) is 0 Å². The van der Waals surface area contributed by atoms with E-state index in [0.717, 1.165) is 18.8 Å². The molecular formula is C19H27BrF2O. The zero-order valence-electron chi connectivity index (χ0n) is 13.9. The first-order valence-corrected chi connectivity index (χ1v) is 9.93. The molecular weight excluding hydrogens is 362 g/mol. The molecule has 2 rings (SSSR count). The molecule has 1 fully saturated rings. The molecule has 130 valence electrons. The number of benzene rings is 1. The second-order valence-corrected chi connectivity index (χ2v) is 7.24. The Hall–Kier alpha value is -0.640. The van der Waals surface area contributed by atoms with E-state index in [0.29, 0.717) is 23.4 Å². The van der Waals surface area contributed by atoms with Gasteiger partial charge in [0.1, 0.15) is 0 Å². The van der Waals surface area contributed by atoms with Crippen molar-refractivity contribution in [1.29, 1.82) is 0 Å². The highest BCUT2D eigenvalue weighted by Gasteiger charge is 2.22. The highest BCUT2D eigenvalue weighted by Crippen LogP contribution is 2.33. The van der Waals surface area contributed by atoms with E-state index in [9.17, 15) is 8.78 Å². The van der Waals surface area contributed by atoms with E-state index in [1.165, 1.54) is 44.6 Å². The molecule has 0 bridgehead atoms. The molecule has 0 heterocycles. The van der Waals surface area contributed by atoms with Crippen molar-refractivity contribution in [2.75, 3.05) is 6.61 Å². The van der Waals surface area contributed by atoms with Crippen molar-refractivity contribution < 1.29 is 13.5 Å². The van der Waals surface area contributed by atoms with Crippen molar-refractivity contribution in [3.63, 3.8) is 0 Å². The molecule has 1 aliphatic carbocycles. The van der Waals surface area contributed by atoms with E-state index >= 15 is 0 Å². The van der Waals surface area contributed by atoms with E-state index in [-0.39, 0.29) is 5.75 Å². The maximum atomic E-state index is 13.9. The standard InChI is InChI=1S/C19H27BrF2O/c1-2-3-4-5-14-6-8-15(9-7-14)13-23-17-11-10-16(12-20)18(21)19(17)22/h10-11,14-15H,2-9,12-13H2,1H3. The Morgan fingerprint density at radius 1 is 1.04 bits per heavy atom. The highest BCUT2D eigenvalue weighted by atomic mass is 79.9. The Labute approximate surface area is 146 Å². The predicted molar refractivity (Wildman–Crippen MR) is 94.1 cm³/mol. The smallest absolute Gasteiger partial charge is 0.200 e. The lowest BCUT2D eigenvalue weighted by atomic mass is 9.80. The fourth-order valence-corrected chi connectivity index (χ4v) is 3.80. The SMILES string of the molecule is CCCCCC1CCC(COc2ccc(CBr)c(F)c2F)CC1. The Bertz CT molecular complexity index is 485. The van der Waals surface area contributed by atoms with Gasteiger partial charge in [-0.3, -0.25) is 0 Å². The van der Waals surface area contributed by atoms with Gasteiger partial charge in [0.05, 0.1) is 6.61 Å². The van der Waals surface area contributed by atoms with Crippen LogP contribution in [0.1, 0.15) is 63.9 Å². The number of hydrogen-bond acceptors (Lipinski definition) is 1. The molecule has 0 N–H and O–H groups in total.